The van der Waals surface area contributed by atoms with Crippen LogP contribution in [-0.2, 0) is 6.42 Å². The van der Waals surface area contributed by atoms with Crippen LogP contribution in [0.2, 0.25) is 0 Å². The topological polar surface area (TPSA) is 98.2 Å². The third-order valence-electron chi connectivity index (χ3n) is 5.24. The number of aryl methyl sites for hydroxylation is 1. The van der Waals surface area contributed by atoms with E-state index < -0.39 is 0 Å². The van der Waals surface area contributed by atoms with E-state index in [0.29, 0.717) is 24.3 Å². The summed E-state index contributed by atoms with van der Waals surface area (Å²) in [4.78, 5) is 29.9. The van der Waals surface area contributed by atoms with Gasteiger partial charge in [-0.1, -0.05) is 24.3 Å². The Morgan fingerprint density at radius 2 is 1.97 bits per heavy atom. The van der Waals surface area contributed by atoms with E-state index in [1.807, 2.05) is 53.8 Å². The third-order valence-corrected chi connectivity index (χ3v) is 5.24. The molecule has 0 fully saturated rings. The van der Waals surface area contributed by atoms with Gasteiger partial charge in [0.15, 0.2) is 23.5 Å². The van der Waals surface area contributed by atoms with Crippen LogP contribution in [0.25, 0.3) is 28.2 Å². The number of hydrogen-bond acceptors (Lipinski definition) is 6. The molecule has 8 nitrogen and oxygen atoms in total. The standard InChI is InChI=1S/C24H20N6O2/c1-16-11-20(19-3-2-9-25-12-19)29-23-22(28-14-30(16)23)24(31)27-10-8-17-4-6-18(7-5-17)21-13-26-15-32-21/h2-7,9,11-15H,8,10H2,1H3,(H,27,31). The monoisotopic (exact) mass is 424 g/mol. The zero-order valence-corrected chi connectivity index (χ0v) is 17.4. The smallest absolute Gasteiger partial charge is 0.273 e. The van der Waals surface area contributed by atoms with Gasteiger partial charge in [0, 0.05) is 35.8 Å². The third kappa shape index (κ3) is 3.85. The Labute approximate surface area is 184 Å². The van der Waals surface area contributed by atoms with Crippen LogP contribution in [0.1, 0.15) is 21.7 Å². The van der Waals surface area contributed by atoms with Crippen LogP contribution in [0, 0.1) is 6.92 Å². The van der Waals surface area contributed by atoms with E-state index in [-0.39, 0.29) is 5.91 Å². The largest absolute Gasteiger partial charge is 0.444 e. The minimum atomic E-state index is -0.249. The molecule has 1 N–H and O–H groups in total. The van der Waals surface area contributed by atoms with Crippen molar-refractivity contribution in [3.63, 3.8) is 0 Å². The van der Waals surface area contributed by atoms with E-state index in [9.17, 15) is 4.79 Å². The van der Waals surface area contributed by atoms with E-state index in [1.54, 1.807) is 24.9 Å². The zero-order chi connectivity index (χ0) is 21.9. The van der Waals surface area contributed by atoms with Gasteiger partial charge in [-0.25, -0.2) is 15.0 Å². The summed E-state index contributed by atoms with van der Waals surface area (Å²) in [6, 6.07) is 13.7. The molecule has 0 saturated carbocycles. The van der Waals surface area contributed by atoms with Crippen molar-refractivity contribution in [3.05, 3.63) is 90.7 Å². The van der Waals surface area contributed by atoms with Gasteiger partial charge in [0.25, 0.3) is 5.91 Å². The van der Waals surface area contributed by atoms with Gasteiger partial charge in [-0.3, -0.25) is 14.2 Å². The van der Waals surface area contributed by atoms with Gasteiger partial charge in [0.05, 0.1) is 11.9 Å². The number of oxazole rings is 1. The first kappa shape index (κ1) is 19.6. The highest BCUT2D eigenvalue weighted by atomic mass is 16.3. The molecule has 0 unspecified atom stereocenters. The second-order valence-corrected chi connectivity index (χ2v) is 7.38. The number of benzene rings is 1. The molecule has 0 radical (unpaired) electrons. The molecule has 0 aliphatic rings. The number of carbonyl (C=O) groups excluding carboxylic acids is 1. The average Bonchev–Trinajstić information content (AvgIpc) is 3.51. The normalized spacial score (nSPS) is 11.0. The van der Waals surface area contributed by atoms with Crippen LogP contribution in [-0.4, -0.2) is 36.8 Å². The maximum Gasteiger partial charge on any atom is 0.273 e. The van der Waals surface area contributed by atoms with Crippen LogP contribution in [0.3, 0.4) is 0 Å². The second-order valence-electron chi connectivity index (χ2n) is 7.38. The first-order valence-electron chi connectivity index (χ1n) is 10.2. The Morgan fingerprint density at radius 1 is 1.09 bits per heavy atom. The lowest BCUT2D eigenvalue weighted by Crippen LogP contribution is -2.26. The number of carbonyl (C=O) groups is 1. The fourth-order valence-electron chi connectivity index (χ4n) is 3.54. The Bertz CT molecular complexity index is 1360. The van der Waals surface area contributed by atoms with Crippen LogP contribution in [0.15, 0.2) is 78.2 Å². The van der Waals surface area contributed by atoms with Gasteiger partial charge in [0.2, 0.25) is 0 Å². The summed E-state index contributed by atoms with van der Waals surface area (Å²) >= 11 is 0. The Morgan fingerprint density at radius 3 is 2.72 bits per heavy atom. The summed E-state index contributed by atoms with van der Waals surface area (Å²) in [7, 11) is 0. The molecule has 158 valence electrons. The lowest BCUT2D eigenvalue weighted by molar-refractivity contribution is 0.0951. The molecule has 0 aliphatic carbocycles. The Hall–Kier alpha value is -4.33. The summed E-state index contributed by atoms with van der Waals surface area (Å²) < 4.78 is 7.12. The summed E-state index contributed by atoms with van der Waals surface area (Å²) in [6.07, 6.45) is 8.88. The van der Waals surface area contributed by atoms with Crippen molar-refractivity contribution in [2.45, 2.75) is 13.3 Å². The van der Waals surface area contributed by atoms with Crippen LogP contribution >= 0.6 is 0 Å². The number of imidazole rings is 1. The highest BCUT2D eigenvalue weighted by Gasteiger charge is 2.17. The van der Waals surface area contributed by atoms with E-state index in [0.717, 1.165) is 33.8 Å². The van der Waals surface area contributed by atoms with E-state index in [1.165, 1.54) is 6.39 Å². The molecule has 5 aromatic rings. The molecule has 5 rings (SSSR count). The number of nitrogens with one attached hydrogen (secondary N) is 1. The number of rotatable bonds is 6. The molecule has 32 heavy (non-hydrogen) atoms. The molecule has 4 aromatic heterocycles. The summed E-state index contributed by atoms with van der Waals surface area (Å²) in [5, 5.41) is 2.95. The van der Waals surface area contributed by atoms with E-state index >= 15 is 0 Å². The molecule has 8 heteroatoms. The highest BCUT2D eigenvalue weighted by molar-refractivity contribution is 5.98. The summed E-state index contributed by atoms with van der Waals surface area (Å²) in [5.41, 5.74) is 5.48. The number of aromatic nitrogens is 5. The van der Waals surface area contributed by atoms with Crippen molar-refractivity contribution in [2.24, 2.45) is 0 Å². The van der Waals surface area contributed by atoms with Crippen molar-refractivity contribution in [1.29, 1.82) is 0 Å². The van der Waals surface area contributed by atoms with E-state index in [2.05, 4.69) is 25.3 Å². The summed E-state index contributed by atoms with van der Waals surface area (Å²) in [5.74, 6) is 0.478. The number of nitrogens with zero attached hydrogens (tertiary/aromatic N) is 5. The second kappa shape index (κ2) is 8.43. The minimum Gasteiger partial charge on any atom is -0.444 e. The first-order chi connectivity index (χ1) is 15.7. The predicted molar refractivity (Wildman–Crippen MR) is 119 cm³/mol. The Kier molecular flexibility index (Phi) is 5.17. The molecule has 0 aliphatic heterocycles. The lowest BCUT2D eigenvalue weighted by Gasteiger charge is -2.07. The average molecular weight is 424 g/mol. The Balaban J connectivity index is 1.29. The van der Waals surface area contributed by atoms with Gasteiger partial charge in [0.1, 0.15) is 6.33 Å². The molecule has 0 atom stereocenters. The fourth-order valence-corrected chi connectivity index (χ4v) is 3.54. The molecule has 0 spiro atoms. The minimum absolute atomic E-state index is 0.249. The number of fused-ring (bicyclic) bond motifs is 1. The molecule has 0 saturated heterocycles. The predicted octanol–water partition coefficient (Wildman–Crippen LogP) is 3.73. The molecular formula is C24H20N6O2. The van der Waals surface area contributed by atoms with Gasteiger partial charge >= 0.3 is 0 Å². The molecular weight excluding hydrogens is 404 g/mol. The van der Waals surface area contributed by atoms with Crippen LogP contribution in [0.4, 0.5) is 0 Å². The van der Waals surface area contributed by atoms with Crippen molar-refractivity contribution < 1.29 is 9.21 Å². The SMILES string of the molecule is Cc1cc(-c2cccnc2)nc2c(C(=O)NCCc3ccc(-c4cnco4)cc3)ncn12. The highest BCUT2D eigenvalue weighted by Crippen LogP contribution is 2.21. The van der Waals surface area contributed by atoms with E-state index in [4.69, 9.17) is 4.42 Å². The van der Waals surface area contributed by atoms with Gasteiger partial charge in [-0.2, -0.15) is 0 Å². The fraction of sp³-hybridized carbons (Fsp3) is 0.125. The van der Waals surface area contributed by atoms with Crippen LogP contribution in [0.5, 0.6) is 0 Å². The lowest BCUT2D eigenvalue weighted by atomic mass is 10.1. The molecule has 1 aromatic carbocycles. The van der Waals surface area contributed by atoms with Crippen molar-refractivity contribution >= 4 is 11.6 Å². The maximum atomic E-state index is 12.8. The van der Waals surface area contributed by atoms with Gasteiger partial charge < -0.3 is 9.73 Å². The summed E-state index contributed by atoms with van der Waals surface area (Å²) in [6.45, 7) is 2.45. The maximum absolute atomic E-state index is 12.8. The van der Waals surface area contributed by atoms with Gasteiger partial charge in [-0.15, -0.1) is 0 Å². The van der Waals surface area contributed by atoms with Crippen molar-refractivity contribution in [2.75, 3.05) is 6.54 Å². The van der Waals surface area contributed by atoms with Crippen LogP contribution < -0.4 is 5.32 Å². The number of amides is 1. The number of hydrogen-bond donors (Lipinski definition) is 1. The van der Waals surface area contributed by atoms with Crippen molar-refractivity contribution in [3.8, 4) is 22.6 Å². The molecule has 1 amide bonds. The molecule has 0 bridgehead atoms. The van der Waals surface area contributed by atoms with Gasteiger partial charge in [-0.05, 0) is 37.1 Å². The zero-order valence-electron chi connectivity index (χ0n) is 17.4. The molecule has 4 heterocycles. The number of pyridine rings is 1. The van der Waals surface area contributed by atoms with Crippen molar-refractivity contribution in [1.82, 2.24) is 29.7 Å². The quantitative estimate of drug-likeness (QED) is 0.446. The first-order valence-corrected chi connectivity index (χ1v) is 10.2.